The van der Waals surface area contributed by atoms with Crippen LogP contribution in [0.25, 0.3) is 0 Å². The Bertz CT molecular complexity index is 744. The van der Waals surface area contributed by atoms with Gasteiger partial charge in [0, 0.05) is 44.6 Å². The second-order valence-corrected chi connectivity index (χ2v) is 6.06. The molecule has 0 spiro atoms. The summed E-state index contributed by atoms with van der Waals surface area (Å²) in [6.45, 7) is 2.14. The van der Waals surface area contributed by atoms with Crippen molar-refractivity contribution in [3.8, 4) is 11.5 Å². The largest absolute Gasteiger partial charge is 0.497 e. The van der Waals surface area contributed by atoms with E-state index in [1.165, 1.54) is 0 Å². The lowest BCUT2D eigenvalue weighted by atomic mass is 10.1. The molecule has 0 radical (unpaired) electrons. The average molecular weight is 344 g/mol. The zero-order chi connectivity index (χ0) is 17.8. The van der Waals surface area contributed by atoms with Crippen LogP contribution >= 0.6 is 0 Å². The number of rotatable bonds is 5. The third-order valence-electron chi connectivity index (χ3n) is 4.55. The first-order valence-electron chi connectivity index (χ1n) is 8.32. The van der Waals surface area contributed by atoms with Gasteiger partial charge in [0.15, 0.2) is 0 Å². The molecular formula is C18H24N4O3. The first kappa shape index (κ1) is 17.3. The number of hydrogen-bond acceptors (Lipinski definition) is 5. The number of nitrogens with one attached hydrogen (secondary N) is 1. The smallest absolute Gasteiger partial charge is 0.227 e. The van der Waals surface area contributed by atoms with Crippen LogP contribution in [0, 0.1) is 0 Å². The number of aromatic nitrogens is 2. The van der Waals surface area contributed by atoms with E-state index in [0.717, 1.165) is 17.9 Å². The zero-order valence-electron chi connectivity index (χ0n) is 14.9. The third-order valence-corrected chi connectivity index (χ3v) is 4.55. The Labute approximate surface area is 147 Å². The van der Waals surface area contributed by atoms with Gasteiger partial charge < -0.3 is 24.3 Å². The number of ether oxygens (including phenoxy) is 2. The molecule has 7 nitrogen and oxygen atoms in total. The van der Waals surface area contributed by atoms with E-state index in [0.29, 0.717) is 24.6 Å². The number of aryl methyl sites for hydroxylation is 1. The fourth-order valence-corrected chi connectivity index (χ4v) is 3.22. The van der Waals surface area contributed by atoms with Crippen molar-refractivity contribution in [2.45, 2.75) is 12.5 Å². The van der Waals surface area contributed by atoms with Gasteiger partial charge in [0.25, 0.3) is 0 Å². The minimum atomic E-state index is -0.0714. The maximum absolute atomic E-state index is 13.0. The second kappa shape index (κ2) is 7.57. The van der Waals surface area contributed by atoms with Crippen molar-refractivity contribution >= 4 is 5.91 Å². The molecule has 134 valence electrons. The van der Waals surface area contributed by atoms with Gasteiger partial charge in [-0.1, -0.05) is 0 Å². The van der Waals surface area contributed by atoms with Crippen LogP contribution in [0.2, 0.25) is 0 Å². The monoisotopic (exact) mass is 344 g/mol. The molecule has 1 atom stereocenters. The number of piperazine rings is 1. The minimum Gasteiger partial charge on any atom is -0.497 e. The summed E-state index contributed by atoms with van der Waals surface area (Å²) in [6, 6.07) is 5.44. The van der Waals surface area contributed by atoms with Gasteiger partial charge >= 0.3 is 0 Å². The quantitative estimate of drug-likeness (QED) is 0.881. The summed E-state index contributed by atoms with van der Waals surface area (Å²) >= 11 is 0. The maximum Gasteiger partial charge on any atom is 0.227 e. The predicted molar refractivity (Wildman–Crippen MR) is 93.8 cm³/mol. The first-order chi connectivity index (χ1) is 12.1. The Morgan fingerprint density at radius 3 is 2.88 bits per heavy atom. The van der Waals surface area contributed by atoms with Crippen molar-refractivity contribution in [3.63, 3.8) is 0 Å². The van der Waals surface area contributed by atoms with Crippen molar-refractivity contribution in [1.82, 2.24) is 19.8 Å². The highest BCUT2D eigenvalue weighted by Gasteiger charge is 2.30. The molecule has 0 bridgehead atoms. The Morgan fingerprint density at radius 1 is 1.36 bits per heavy atom. The van der Waals surface area contributed by atoms with E-state index < -0.39 is 0 Å². The van der Waals surface area contributed by atoms with E-state index in [2.05, 4.69) is 10.3 Å². The van der Waals surface area contributed by atoms with E-state index in [4.69, 9.17) is 9.47 Å². The Balaban J connectivity index is 1.83. The number of carbonyl (C=O) groups is 1. The van der Waals surface area contributed by atoms with Crippen molar-refractivity contribution in [2.75, 3.05) is 33.9 Å². The molecule has 25 heavy (non-hydrogen) atoms. The number of imidazole rings is 1. The predicted octanol–water partition coefficient (Wildman–Crippen LogP) is 1.15. The van der Waals surface area contributed by atoms with Crippen LogP contribution in [-0.2, 0) is 18.3 Å². The van der Waals surface area contributed by atoms with Crippen molar-refractivity contribution in [2.24, 2.45) is 7.05 Å². The summed E-state index contributed by atoms with van der Waals surface area (Å²) in [5.41, 5.74) is 0.823. The third kappa shape index (κ3) is 3.61. The lowest BCUT2D eigenvalue weighted by Crippen LogP contribution is -2.49. The second-order valence-electron chi connectivity index (χ2n) is 6.06. The Kier molecular flexibility index (Phi) is 5.23. The highest BCUT2D eigenvalue weighted by Crippen LogP contribution is 2.27. The van der Waals surface area contributed by atoms with Crippen LogP contribution in [0.5, 0.6) is 11.5 Å². The summed E-state index contributed by atoms with van der Waals surface area (Å²) in [5.74, 6) is 2.35. The number of hydrogen-bond donors (Lipinski definition) is 1. The lowest BCUT2D eigenvalue weighted by molar-refractivity contribution is -0.134. The van der Waals surface area contributed by atoms with Gasteiger partial charge in [0.1, 0.15) is 23.4 Å². The van der Waals surface area contributed by atoms with Gasteiger partial charge in [0.2, 0.25) is 5.91 Å². The van der Waals surface area contributed by atoms with Gasteiger partial charge in [-0.25, -0.2) is 4.98 Å². The average Bonchev–Trinajstić information content (AvgIpc) is 3.07. The lowest BCUT2D eigenvalue weighted by Gasteiger charge is -2.36. The molecule has 2 heterocycles. The highest BCUT2D eigenvalue weighted by atomic mass is 16.5. The number of benzene rings is 1. The summed E-state index contributed by atoms with van der Waals surface area (Å²) in [7, 11) is 5.17. The summed E-state index contributed by atoms with van der Waals surface area (Å²) < 4.78 is 12.6. The highest BCUT2D eigenvalue weighted by molar-refractivity contribution is 5.80. The normalized spacial score (nSPS) is 17.4. The minimum absolute atomic E-state index is 0.0565. The molecule has 1 amide bonds. The van der Waals surface area contributed by atoms with Crippen LogP contribution in [0.4, 0.5) is 0 Å². The fraction of sp³-hybridized carbons (Fsp3) is 0.444. The Hall–Kier alpha value is -2.54. The maximum atomic E-state index is 13.0. The van der Waals surface area contributed by atoms with Crippen LogP contribution in [0.1, 0.15) is 17.4 Å². The van der Waals surface area contributed by atoms with Crippen LogP contribution in [0.3, 0.4) is 0 Å². The van der Waals surface area contributed by atoms with Crippen LogP contribution < -0.4 is 14.8 Å². The van der Waals surface area contributed by atoms with Gasteiger partial charge in [-0.3, -0.25) is 4.79 Å². The van der Waals surface area contributed by atoms with Gasteiger partial charge in [0.05, 0.1) is 20.6 Å². The van der Waals surface area contributed by atoms with Gasteiger partial charge in [-0.15, -0.1) is 0 Å². The van der Waals surface area contributed by atoms with E-state index in [9.17, 15) is 4.79 Å². The zero-order valence-corrected chi connectivity index (χ0v) is 14.9. The molecule has 1 saturated heterocycles. The molecule has 1 aromatic carbocycles. The molecule has 3 rings (SSSR count). The molecule has 1 aromatic heterocycles. The van der Waals surface area contributed by atoms with Crippen molar-refractivity contribution in [3.05, 3.63) is 42.0 Å². The van der Waals surface area contributed by atoms with E-state index in [1.54, 1.807) is 20.4 Å². The summed E-state index contributed by atoms with van der Waals surface area (Å²) in [4.78, 5) is 19.3. The summed E-state index contributed by atoms with van der Waals surface area (Å²) in [5, 5.41) is 3.35. The number of amides is 1. The van der Waals surface area contributed by atoms with Crippen molar-refractivity contribution < 1.29 is 14.3 Å². The van der Waals surface area contributed by atoms with E-state index >= 15 is 0 Å². The molecular weight excluding hydrogens is 320 g/mol. The molecule has 1 N–H and O–H groups in total. The molecule has 0 saturated carbocycles. The Morgan fingerprint density at radius 2 is 2.20 bits per heavy atom. The first-order valence-corrected chi connectivity index (χ1v) is 8.32. The van der Waals surface area contributed by atoms with Crippen molar-refractivity contribution in [1.29, 1.82) is 0 Å². The molecule has 1 aliphatic heterocycles. The number of carbonyl (C=O) groups excluding carboxylic acids is 1. The molecule has 7 heteroatoms. The van der Waals surface area contributed by atoms with E-state index in [1.807, 2.05) is 40.9 Å². The molecule has 1 fully saturated rings. The number of methoxy groups -OCH3 is 2. The standard InChI is InChI=1S/C18H24N4O3/c1-21-8-7-20-18(21)15-12-19-6-9-22(15)17(23)11-13-10-14(24-2)4-5-16(13)25-3/h4-5,7-8,10,15,19H,6,9,11-12H2,1-3H3. The molecule has 0 aliphatic carbocycles. The molecule has 1 aliphatic rings. The van der Waals surface area contributed by atoms with Crippen LogP contribution in [0.15, 0.2) is 30.6 Å². The fourth-order valence-electron chi connectivity index (χ4n) is 3.22. The van der Waals surface area contributed by atoms with E-state index in [-0.39, 0.29) is 18.4 Å². The van der Waals surface area contributed by atoms with Gasteiger partial charge in [-0.05, 0) is 18.2 Å². The SMILES string of the molecule is COc1ccc(OC)c(CC(=O)N2CCNCC2c2nccn2C)c1. The molecule has 2 aromatic rings. The van der Waals surface area contributed by atoms with Crippen LogP contribution in [-0.4, -0.2) is 54.2 Å². The molecule has 1 unspecified atom stereocenters. The summed E-state index contributed by atoms with van der Waals surface area (Å²) in [6.07, 6.45) is 3.93. The van der Waals surface area contributed by atoms with Gasteiger partial charge in [-0.2, -0.15) is 0 Å². The topological polar surface area (TPSA) is 68.6 Å². The number of nitrogens with zero attached hydrogens (tertiary/aromatic N) is 3.